The molecule has 0 amide bonds. The Morgan fingerprint density at radius 3 is 3.00 bits per heavy atom. The molecule has 0 spiro atoms. The summed E-state index contributed by atoms with van der Waals surface area (Å²) < 4.78 is 5.83. The molecule has 1 aliphatic rings. The third-order valence-corrected chi connectivity index (χ3v) is 4.44. The topological polar surface area (TPSA) is 54.0 Å². The number of pyridine rings is 1. The van der Waals surface area contributed by atoms with Crippen LogP contribution in [0.1, 0.15) is 49.8 Å². The average Bonchev–Trinajstić information content (AvgIpc) is 3.26. The van der Waals surface area contributed by atoms with Gasteiger partial charge in [0.1, 0.15) is 5.82 Å². The zero-order valence-corrected chi connectivity index (χ0v) is 14.6. The van der Waals surface area contributed by atoms with Gasteiger partial charge in [-0.1, -0.05) is 19.4 Å². The SMILES string of the molecule is CCCCc1ncc(CN(Cc2ccccn2)CC2CCCO2)[nH]1. The molecule has 2 aromatic rings. The highest BCUT2D eigenvalue weighted by molar-refractivity contribution is 5.05. The van der Waals surface area contributed by atoms with Gasteiger partial charge in [-0.2, -0.15) is 0 Å². The number of hydrogen-bond acceptors (Lipinski definition) is 4. The number of imidazole rings is 1. The molecule has 5 nitrogen and oxygen atoms in total. The number of hydrogen-bond donors (Lipinski definition) is 1. The molecular weight excluding hydrogens is 300 g/mol. The summed E-state index contributed by atoms with van der Waals surface area (Å²) in [5.74, 6) is 1.10. The lowest BCUT2D eigenvalue weighted by Crippen LogP contribution is -2.31. The second-order valence-electron chi connectivity index (χ2n) is 6.58. The molecule has 1 saturated heterocycles. The molecule has 0 saturated carbocycles. The first kappa shape index (κ1) is 17.1. The van der Waals surface area contributed by atoms with Gasteiger partial charge in [0.2, 0.25) is 0 Å². The van der Waals surface area contributed by atoms with Gasteiger partial charge in [-0.15, -0.1) is 0 Å². The minimum Gasteiger partial charge on any atom is -0.377 e. The van der Waals surface area contributed by atoms with Crippen LogP contribution in [0.2, 0.25) is 0 Å². The van der Waals surface area contributed by atoms with Gasteiger partial charge in [0.15, 0.2) is 0 Å². The standard InChI is InChI=1S/C19H28N4O/c1-2-3-9-19-21-12-17(22-19)14-23(15-18-8-6-11-24-18)13-16-7-4-5-10-20-16/h4-5,7,10,12,18H,2-3,6,8-9,11,13-15H2,1H3,(H,21,22). The van der Waals surface area contributed by atoms with E-state index in [4.69, 9.17) is 4.74 Å². The lowest BCUT2D eigenvalue weighted by Gasteiger charge is -2.24. The van der Waals surface area contributed by atoms with Crippen molar-refractivity contribution < 1.29 is 4.74 Å². The third kappa shape index (κ3) is 5.14. The monoisotopic (exact) mass is 328 g/mol. The predicted molar refractivity (Wildman–Crippen MR) is 94.5 cm³/mol. The molecule has 1 fully saturated rings. The molecule has 3 rings (SSSR count). The molecule has 1 unspecified atom stereocenters. The van der Waals surface area contributed by atoms with Crippen molar-refractivity contribution in [3.63, 3.8) is 0 Å². The summed E-state index contributed by atoms with van der Waals surface area (Å²) in [6.45, 7) is 5.74. The minimum absolute atomic E-state index is 0.344. The highest BCUT2D eigenvalue weighted by atomic mass is 16.5. The number of aryl methyl sites for hydroxylation is 1. The van der Waals surface area contributed by atoms with E-state index in [-0.39, 0.29) is 0 Å². The molecule has 1 aliphatic heterocycles. The number of H-pyrrole nitrogens is 1. The maximum atomic E-state index is 5.83. The Morgan fingerprint density at radius 2 is 2.25 bits per heavy atom. The molecule has 130 valence electrons. The summed E-state index contributed by atoms with van der Waals surface area (Å²) in [5, 5.41) is 0. The zero-order valence-electron chi connectivity index (χ0n) is 14.6. The van der Waals surface area contributed by atoms with Gasteiger partial charge < -0.3 is 9.72 Å². The Kier molecular flexibility index (Phi) is 6.38. The van der Waals surface area contributed by atoms with Crippen molar-refractivity contribution in [1.82, 2.24) is 19.9 Å². The predicted octanol–water partition coefficient (Wildman–Crippen LogP) is 3.33. The number of rotatable bonds is 9. The Bertz CT molecular complexity index is 592. The molecule has 24 heavy (non-hydrogen) atoms. The molecule has 0 radical (unpaired) electrons. The van der Waals surface area contributed by atoms with Crippen LogP contribution in [-0.4, -0.2) is 39.1 Å². The Balaban J connectivity index is 1.63. The second-order valence-corrected chi connectivity index (χ2v) is 6.58. The van der Waals surface area contributed by atoms with Crippen LogP contribution in [0.5, 0.6) is 0 Å². The zero-order chi connectivity index (χ0) is 16.6. The average molecular weight is 328 g/mol. The van der Waals surface area contributed by atoms with Crippen LogP contribution in [0.15, 0.2) is 30.6 Å². The van der Waals surface area contributed by atoms with Crippen molar-refractivity contribution >= 4 is 0 Å². The maximum Gasteiger partial charge on any atom is 0.106 e. The number of unbranched alkanes of at least 4 members (excludes halogenated alkanes) is 1. The lowest BCUT2D eigenvalue weighted by atomic mass is 10.2. The number of aromatic amines is 1. The molecule has 3 heterocycles. The molecule has 1 atom stereocenters. The fraction of sp³-hybridized carbons (Fsp3) is 0.579. The molecular formula is C19H28N4O. The summed E-state index contributed by atoms with van der Waals surface area (Å²) in [4.78, 5) is 14.9. The molecule has 5 heteroatoms. The molecule has 0 bridgehead atoms. The highest BCUT2D eigenvalue weighted by Crippen LogP contribution is 2.16. The number of ether oxygens (including phenoxy) is 1. The third-order valence-electron chi connectivity index (χ3n) is 4.44. The Labute approximate surface area is 144 Å². The second kappa shape index (κ2) is 8.94. The van der Waals surface area contributed by atoms with Crippen LogP contribution in [-0.2, 0) is 24.2 Å². The van der Waals surface area contributed by atoms with Gasteiger partial charge >= 0.3 is 0 Å². The normalized spacial score (nSPS) is 17.7. The minimum atomic E-state index is 0.344. The fourth-order valence-electron chi connectivity index (χ4n) is 3.18. The molecule has 0 aromatic carbocycles. The van der Waals surface area contributed by atoms with E-state index in [0.717, 1.165) is 50.6 Å². The summed E-state index contributed by atoms with van der Waals surface area (Å²) in [5.41, 5.74) is 2.27. The fourth-order valence-corrected chi connectivity index (χ4v) is 3.18. The number of nitrogens with zero attached hydrogens (tertiary/aromatic N) is 3. The van der Waals surface area contributed by atoms with E-state index in [1.807, 2.05) is 24.5 Å². The van der Waals surface area contributed by atoms with E-state index in [9.17, 15) is 0 Å². The van der Waals surface area contributed by atoms with Crippen LogP contribution in [0.4, 0.5) is 0 Å². The van der Waals surface area contributed by atoms with Crippen molar-refractivity contribution in [2.75, 3.05) is 13.2 Å². The maximum absolute atomic E-state index is 5.83. The summed E-state index contributed by atoms with van der Waals surface area (Å²) in [7, 11) is 0. The van der Waals surface area contributed by atoms with E-state index in [2.05, 4.69) is 32.8 Å². The smallest absolute Gasteiger partial charge is 0.106 e. The van der Waals surface area contributed by atoms with Gasteiger partial charge in [-0.05, 0) is 31.4 Å². The highest BCUT2D eigenvalue weighted by Gasteiger charge is 2.20. The van der Waals surface area contributed by atoms with Crippen LogP contribution < -0.4 is 0 Å². The lowest BCUT2D eigenvalue weighted by molar-refractivity contribution is 0.0671. The van der Waals surface area contributed by atoms with Gasteiger partial charge in [0, 0.05) is 50.7 Å². The van der Waals surface area contributed by atoms with Crippen molar-refractivity contribution in [3.05, 3.63) is 47.8 Å². The van der Waals surface area contributed by atoms with Crippen molar-refractivity contribution in [2.24, 2.45) is 0 Å². The van der Waals surface area contributed by atoms with E-state index < -0.39 is 0 Å². The molecule has 1 N–H and O–H groups in total. The van der Waals surface area contributed by atoms with Gasteiger partial charge in [0.25, 0.3) is 0 Å². The van der Waals surface area contributed by atoms with Crippen LogP contribution in [0, 0.1) is 0 Å². The molecule has 0 aliphatic carbocycles. The van der Waals surface area contributed by atoms with Crippen LogP contribution in [0.25, 0.3) is 0 Å². The van der Waals surface area contributed by atoms with Crippen molar-refractivity contribution in [2.45, 2.75) is 58.2 Å². The van der Waals surface area contributed by atoms with Crippen molar-refractivity contribution in [1.29, 1.82) is 0 Å². The van der Waals surface area contributed by atoms with Gasteiger partial charge in [-0.25, -0.2) is 4.98 Å². The van der Waals surface area contributed by atoms with E-state index in [1.165, 1.54) is 25.0 Å². The molecule has 2 aromatic heterocycles. The number of aromatic nitrogens is 3. The van der Waals surface area contributed by atoms with Gasteiger partial charge in [0.05, 0.1) is 11.8 Å². The van der Waals surface area contributed by atoms with Crippen LogP contribution >= 0.6 is 0 Å². The van der Waals surface area contributed by atoms with E-state index >= 15 is 0 Å². The summed E-state index contributed by atoms with van der Waals surface area (Å²) >= 11 is 0. The largest absolute Gasteiger partial charge is 0.377 e. The van der Waals surface area contributed by atoms with E-state index in [0.29, 0.717) is 6.10 Å². The Hall–Kier alpha value is -1.72. The quantitative estimate of drug-likeness (QED) is 0.767. The summed E-state index contributed by atoms with van der Waals surface area (Å²) in [6.07, 6.45) is 9.92. The van der Waals surface area contributed by atoms with Crippen LogP contribution in [0.3, 0.4) is 0 Å². The Morgan fingerprint density at radius 1 is 1.29 bits per heavy atom. The first-order valence-corrected chi connectivity index (χ1v) is 9.10. The number of nitrogens with one attached hydrogen (secondary N) is 1. The first-order valence-electron chi connectivity index (χ1n) is 9.10. The van der Waals surface area contributed by atoms with Gasteiger partial charge in [-0.3, -0.25) is 9.88 Å². The summed E-state index contributed by atoms with van der Waals surface area (Å²) in [6, 6.07) is 6.09. The van der Waals surface area contributed by atoms with Crippen molar-refractivity contribution in [3.8, 4) is 0 Å². The first-order chi connectivity index (χ1) is 11.8. The van der Waals surface area contributed by atoms with E-state index in [1.54, 1.807) is 0 Å².